The van der Waals surface area contributed by atoms with E-state index in [4.69, 9.17) is 10.3 Å². The summed E-state index contributed by atoms with van der Waals surface area (Å²) in [5.74, 6) is -0.959. The highest BCUT2D eigenvalue weighted by molar-refractivity contribution is 5.55. The lowest BCUT2D eigenvalue weighted by atomic mass is 9.77. The van der Waals surface area contributed by atoms with Gasteiger partial charge in [-0.1, -0.05) is 5.16 Å². The van der Waals surface area contributed by atoms with Crippen molar-refractivity contribution in [3.8, 4) is 11.5 Å². The minimum absolute atomic E-state index is 0.121. The van der Waals surface area contributed by atoms with Crippen LogP contribution >= 0.6 is 0 Å². The van der Waals surface area contributed by atoms with Crippen LogP contribution in [-0.2, 0) is 11.7 Å². The summed E-state index contributed by atoms with van der Waals surface area (Å²) in [6, 6.07) is 2.10. The summed E-state index contributed by atoms with van der Waals surface area (Å²) in [4.78, 5) is 4.00. The van der Waals surface area contributed by atoms with Gasteiger partial charge in [-0.15, -0.1) is 0 Å². The van der Waals surface area contributed by atoms with E-state index < -0.39 is 23.1 Å². The highest BCUT2D eigenvalue weighted by Crippen LogP contribution is 2.38. The monoisotopic (exact) mass is 301 g/mol. The van der Waals surface area contributed by atoms with Crippen LogP contribution in [0.1, 0.15) is 30.7 Å². The molecule has 2 aromatic rings. The molecule has 21 heavy (non-hydrogen) atoms. The van der Waals surface area contributed by atoms with Crippen LogP contribution in [0, 0.1) is 5.82 Å². The first-order chi connectivity index (χ1) is 9.78. The number of rotatable bonds is 2. The van der Waals surface area contributed by atoms with Gasteiger partial charge in [0.25, 0.3) is 5.89 Å². The van der Waals surface area contributed by atoms with Crippen molar-refractivity contribution in [2.75, 3.05) is 0 Å². The third kappa shape index (κ3) is 2.51. The minimum Gasteiger partial charge on any atom is -0.334 e. The SMILES string of the molecule is NC1(c2noc(-c3cc(F)cc(C(F)(F)F)c3)n2)CCC1. The number of nitrogens with two attached hydrogens (primary N) is 1. The molecular weight excluding hydrogens is 290 g/mol. The van der Waals surface area contributed by atoms with Crippen LogP contribution in [0.15, 0.2) is 22.7 Å². The zero-order chi connectivity index (χ0) is 15.3. The van der Waals surface area contributed by atoms with E-state index in [9.17, 15) is 17.6 Å². The molecule has 1 aromatic heterocycles. The van der Waals surface area contributed by atoms with E-state index in [0.717, 1.165) is 18.6 Å². The first-order valence-corrected chi connectivity index (χ1v) is 6.29. The van der Waals surface area contributed by atoms with Crippen molar-refractivity contribution in [3.05, 3.63) is 35.4 Å². The Morgan fingerprint density at radius 3 is 2.48 bits per heavy atom. The molecule has 4 nitrogen and oxygen atoms in total. The maximum atomic E-state index is 13.3. The molecule has 0 aliphatic heterocycles. The van der Waals surface area contributed by atoms with Crippen molar-refractivity contribution in [3.63, 3.8) is 0 Å². The summed E-state index contributed by atoms with van der Waals surface area (Å²) in [5, 5.41) is 3.69. The molecule has 0 unspecified atom stereocenters. The van der Waals surface area contributed by atoms with Crippen molar-refractivity contribution < 1.29 is 22.1 Å². The van der Waals surface area contributed by atoms with E-state index in [1.165, 1.54) is 0 Å². The Kier molecular flexibility index (Phi) is 3.01. The summed E-state index contributed by atoms with van der Waals surface area (Å²) in [5.41, 5.74) is 4.08. The Bertz CT molecular complexity index is 676. The predicted molar refractivity (Wildman–Crippen MR) is 64.4 cm³/mol. The van der Waals surface area contributed by atoms with E-state index >= 15 is 0 Å². The summed E-state index contributed by atoms with van der Waals surface area (Å²) >= 11 is 0. The largest absolute Gasteiger partial charge is 0.416 e. The average molecular weight is 301 g/mol. The van der Waals surface area contributed by atoms with Crippen molar-refractivity contribution in [1.29, 1.82) is 0 Å². The number of benzene rings is 1. The van der Waals surface area contributed by atoms with Gasteiger partial charge in [0.05, 0.1) is 11.1 Å². The van der Waals surface area contributed by atoms with Gasteiger partial charge in [-0.3, -0.25) is 0 Å². The third-order valence-corrected chi connectivity index (χ3v) is 3.59. The van der Waals surface area contributed by atoms with Crippen LogP contribution in [0.25, 0.3) is 11.5 Å². The molecule has 8 heteroatoms. The van der Waals surface area contributed by atoms with Gasteiger partial charge < -0.3 is 10.3 Å². The first-order valence-electron chi connectivity index (χ1n) is 6.29. The number of nitrogens with zero attached hydrogens (tertiary/aromatic N) is 2. The van der Waals surface area contributed by atoms with Gasteiger partial charge in [0, 0.05) is 5.56 Å². The van der Waals surface area contributed by atoms with Gasteiger partial charge in [-0.2, -0.15) is 18.2 Å². The highest BCUT2D eigenvalue weighted by Gasteiger charge is 2.39. The summed E-state index contributed by atoms with van der Waals surface area (Å²) in [7, 11) is 0. The summed E-state index contributed by atoms with van der Waals surface area (Å²) in [6.07, 6.45) is -2.35. The zero-order valence-corrected chi connectivity index (χ0v) is 10.7. The lowest BCUT2D eigenvalue weighted by Crippen LogP contribution is -2.44. The van der Waals surface area contributed by atoms with Crippen molar-refractivity contribution >= 4 is 0 Å². The van der Waals surface area contributed by atoms with E-state index in [0.29, 0.717) is 18.9 Å². The highest BCUT2D eigenvalue weighted by atomic mass is 19.4. The minimum atomic E-state index is -4.65. The second-order valence-electron chi connectivity index (χ2n) is 5.16. The molecule has 2 N–H and O–H groups in total. The fourth-order valence-electron chi connectivity index (χ4n) is 2.20. The molecule has 0 spiro atoms. The van der Waals surface area contributed by atoms with Gasteiger partial charge in [0.1, 0.15) is 5.82 Å². The number of aromatic nitrogens is 2. The smallest absolute Gasteiger partial charge is 0.334 e. The lowest BCUT2D eigenvalue weighted by molar-refractivity contribution is -0.137. The molecule has 1 fully saturated rings. The van der Waals surface area contributed by atoms with E-state index in [-0.39, 0.29) is 17.3 Å². The fraction of sp³-hybridized carbons (Fsp3) is 0.385. The molecular formula is C13H11F4N3O. The van der Waals surface area contributed by atoms with E-state index in [1.54, 1.807) is 0 Å². The molecule has 1 aliphatic rings. The molecule has 0 radical (unpaired) electrons. The molecule has 0 saturated heterocycles. The number of hydrogen-bond donors (Lipinski definition) is 1. The maximum Gasteiger partial charge on any atom is 0.416 e. The van der Waals surface area contributed by atoms with Crippen LogP contribution in [-0.4, -0.2) is 10.1 Å². The summed E-state index contributed by atoms with van der Waals surface area (Å²) in [6.45, 7) is 0. The first kappa shape index (κ1) is 14.0. The Hall–Kier alpha value is -1.96. The Balaban J connectivity index is 1.99. The van der Waals surface area contributed by atoms with E-state index in [1.807, 2.05) is 0 Å². The van der Waals surface area contributed by atoms with Gasteiger partial charge in [0.15, 0.2) is 5.82 Å². The molecule has 1 aromatic carbocycles. The Morgan fingerprint density at radius 1 is 1.19 bits per heavy atom. The van der Waals surface area contributed by atoms with Crippen LogP contribution in [0.4, 0.5) is 17.6 Å². The number of hydrogen-bond acceptors (Lipinski definition) is 4. The molecule has 1 aliphatic carbocycles. The molecule has 1 saturated carbocycles. The van der Waals surface area contributed by atoms with Gasteiger partial charge >= 0.3 is 6.18 Å². The number of alkyl halides is 3. The van der Waals surface area contributed by atoms with Crippen LogP contribution in [0.5, 0.6) is 0 Å². The molecule has 0 amide bonds. The van der Waals surface area contributed by atoms with Crippen molar-refractivity contribution in [1.82, 2.24) is 10.1 Å². The molecule has 1 heterocycles. The van der Waals surface area contributed by atoms with Crippen LogP contribution < -0.4 is 5.73 Å². The predicted octanol–water partition coefficient (Wildman–Crippen LogP) is 3.23. The Labute approximate surface area is 116 Å². The second kappa shape index (κ2) is 4.52. The van der Waals surface area contributed by atoms with Gasteiger partial charge in [-0.05, 0) is 37.5 Å². The fourth-order valence-corrected chi connectivity index (χ4v) is 2.20. The third-order valence-electron chi connectivity index (χ3n) is 3.59. The zero-order valence-electron chi connectivity index (χ0n) is 10.7. The van der Waals surface area contributed by atoms with Crippen molar-refractivity contribution in [2.45, 2.75) is 31.0 Å². The standard InChI is InChI=1S/C13H11F4N3O/c14-9-5-7(4-8(6-9)13(15,16)17)10-19-11(20-21-10)12(18)2-1-3-12/h4-6H,1-3,18H2. The maximum absolute atomic E-state index is 13.3. The topological polar surface area (TPSA) is 64.9 Å². The second-order valence-corrected chi connectivity index (χ2v) is 5.16. The molecule has 0 atom stereocenters. The van der Waals surface area contributed by atoms with Gasteiger partial charge in [0.2, 0.25) is 0 Å². The van der Waals surface area contributed by atoms with Gasteiger partial charge in [-0.25, -0.2) is 4.39 Å². The molecule has 0 bridgehead atoms. The van der Waals surface area contributed by atoms with Crippen molar-refractivity contribution in [2.24, 2.45) is 5.73 Å². The summed E-state index contributed by atoms with van der Waals surface area (Å²) < 4.78 is 56.3. The normalized spacial score (nSPS) is 17.6. The number of halogens is 4. The average Bonchev–Trinajstić information content (AvgIpc) is 2.84. The quantitative estimate of drug-likeness (QED) is 0.865. The lowest BCUT2D eigenvalue weighted by Gasteiger charge is -2.34. The Morgan fingerprint density at radius 2 is 1.90 bits per heavy atom. The van der Waals surface area contributed by atoms with Crippen LogP contribution in [0.2, 0.25) is 0 Å². The molecule has 3 rings (SSSR count). The van der Waals surface area contributed by atoms with Crippen LogP contribution in [0.3, 0.4) is 0 Å². The molecule has 112 valence electrons. The van der Waals surface area contributed by atoms with E-state index in [2.05, 4.69) is 10.1 Å².